The van der Waals surface area contributed by atoms with Crippen molar-refractivity contribution in [2.45, 2.75) is 13.8 Å². The maximum Gasteiger partial charge on any atom is 3.00 e. The Balaban J connectivity index is 0. The Morgan fingerprint density at radius 1 is 1.22 bits per heavy atom. The van der Waals surface area contributed by atoms with Gasteiger partial charge in [0.15, 0.2) is 13.2 Å². The maximum atomic E-state index is 8.52. The van der Waals surface area contributed by atoms with Crippen LogP contribution in [0, 0.1) is 0 Å². The fourth-order valence-corrected chi connectivity index (χ4v) is 0.289. The van der Waals surface area contributed by atoms with E-state index in [0.29, 0.717) is 13.2 Å². The van der Waals surface area contributed by atoms with Crippen LogP contribution in [0.3, 0.4) is 0 Å². The van der Waals surface area contributed by atoms with Crippen molar-refractivity contribution in [3.8, 4) is 0 Å². The van der Waals surface area contributed by atoms with Crippen LogP contribution in [0.1, 0.15) is 13.8 Å². The van der Waals surface area contributed by atoms with E-state index in [2.05, 4.69) is 9.47 Å². The van der Waals surface area contributed by atoms with Gasteiger partial charge in [0, 0.05) is 0 Å². The van der Waals surface area contributed by atoms with Crippen LogP contribution in [0.15, 0.2) is 0 Å². The Morgan fingerprint density at radius 3 is 1.78 bits per heavy atom. The average Bonchev–Trinajstić information content (AvgIpc) is 1.68. The maximum absolute atomic E-state index is 8.52. The van der Waals surface area contributed by atoms with E-state index in [1.165, 1.54) is 0 Å². The molecule has 0 atom stereocenters. The van der Waals surface area contributed by atoms with Crippen LogP contribution in [-0.2, 0) is 31.2 Å². The van der Waals surface area contributed by atoms with Gasteiger partial charge in [0.25, 0.3) is 0 Å². The summed E-state index contributed by atoms with van der Waals surface area (Å²) >= 11 is 0. The summed E-state index contributed by atoms with van der Waals surface area (Å²) in [5, 5.41) is 0. The first kappa shape index (κ1) is 11.7. The van der Waals surface area contributed by atoms with E-state index in [1.807, 2.05) is 0 Å². The standard InChI is InChI=1S/C5H10O3.Ti/c1-3-7-5(6)8-4-2;/h3-4H2,1-2H3;/q;+3/p+1. The Labute approximate surface area is 69.6 Å². The van der Waals surface area contributed by atoms with Crippen LogP contribution in [0.2, 0.25) is 0 Å². The molecule has 9 heavy (non-hydrogen) atoms. The average molecular weight is 167 g/mol. The zero-order valence-electron chi connectivity index (χ0n) is 5.68. The van der Waals surface area contributed by atoms with E-state index in [0.717, 1.165) is 0 Å². The number of carbonyl (C=O) groups excluding carboxylic acids is 1. The molecule has 49 valence electrons. The number of hydrogen-bond donors (Lipinski definition) is 0. The van der Waals surface area contributed by atoms with E-state index in [1.54, 1.807) is 13.8 Å². The topological polar surface area (TPSA) is 39.9 Å². The largest absolute Gasteiger partial charge is 3.00 e. The van der Waals surface area contributed by atoms with Gasteiger partial charge >= 0.3 is 27.9 Å². The normalized spacial score (nSPS) is 7.33. The molecule has 0 unspecified atom stereocenters. The SMILES string of the molecule is CCOC(=[OH+])OCC.[Ti+3]. The van der Waals surface area contributed by atoms with Crippen molar-refractivity contribution in [2.75, 3.05) is 13.2 Å². The molecule has 0 aromatic rings. The zero-order valence-corrected chi connectivity index (χ0v) is 7.24. The molecule has 0 saturated heterocycles. The second kappa shape index (κ2) is 7.98. The molecule has 0 bridgehead atoms. The van der Waals surface area contributed by atoms with E-state index >= 15 is 0 Å². The first-order chi connectivity index (χ1) is 3.81. The van der Waals surface area contributed by atoms with Gasteiger partial charge in [-0.25, -0.2) is 0 Å². The first-order valence-electron chi connectivity index (χ1n) is 2.62. The van der Waals surface area contributed by atoms with Crippen LogP contribution in [0.25, 0.3) is 0 Å². The molecule has 0 aliphatic heterocycles. The van der Waals surface area contributed by atoms with Crippen molar-refractivity contribution in [2.24, 2.45) is 0 Å². The molecule has 0 aromatic carbocycles. The summed E-state index contributed by atoms with van der Waals surface area (Å²) in [6.07, 6.45) is -0.338. The van der Waals surface area contributed by atoms with E-state index < -0.39 is 0 Å². The Bertz CT molecular complexity index is 66.6. The monoisotopic (exact) mass is 167 g/mol. The molecule has 0 rings (SSSR count). The van der Waals surface area contributed by atoms with Crippen molar-refractivity contribution in [1.29, 1.82) is 0 Å². The van der Waals surface area contributed by atoms with Gasteiger partial charge in [0.2, 0.25) is 0 Å². The van der Waals surface area contributed by atoms with Crippen molar-refractivity contribution in [3.63, 3.8) is 0 Å². The van der Waals surface area contributed by atoms with Gasteiger partial charge in [-0.15, -0.1) is 0 Å². The van der Waals surface area contributed by atoms with Crippen LogP contribution in [-0.4, -0.2) is 24.2 Å². The van der Waals surface area contributed by atoms with Gasteiger partial charge < -0.3 is 14.3 Å². The first-order valence-corrected chi connectivity index (χ1v) is 2.62. The number of hydrogen-bond acceptors (Lipinski definition) is 2. The van der Waals surface area contributed by atoms with Crippen molar-refractivity contribution in [3.05, 3.63) is 0 Å². The van der Waals surface area contributed by atoms with Crippen molar-refractivity contribution in [1.82, 2.24) is 0 Å². The molecular weight excluding hydrogens is 156 g/mol. The fraction of sp³-hybridized carbons (Fsp3) is 0.800. The van der Waals surface area contributed by atoms with Gasteiger partial charge in [-0.2, -0.15) is 0 Å². The van der Waals surface area contributed by atoms with Crippen molar-refractivity contribution < 1.29 is 36.0 Å². The van der Waals surface area contributed by atoms with Crippen molar-refractivity contribution >= 4 is 6.16 Å². The molecule has 0 aromatic heterocycles. The molecule has 0 amide bonds. The molecule has 0 heterocycles. The van der Waals surface area contributed by atoms with Crippen LogP contribution < -0.4 is 0 Å². The third-order valence-electron chi connectivity index (χ3n) is 0.536. The van der Waals surface area contributed by atoms with E-state index in [9.17, 15) is 0 Å². The second-order valence-corrected chi connectivity index (χ2v) is 1.13. The van der Waals surface area contributed by atoms with E-state index in [-0.39, 0.29) is 27.9 Å². The molecule has 3 nitrogen and oxygen atoms in total. The predicted octanol–water partition coefficient (Wildman–Crippen LogP) is 0.517. The molecule has 0 aliphatic carbocycles. The smallest absolute Gasteiger partial charge is 0.336 e. The minimum absolute atomic E-state index is 0. The predicted molar refractivity (Wildman–Crippen MR) is 30.2 cm³/mol. The van der Waals surface area contributed by atoms with E-state index in [4.69, 9.17) is 4.79 Å². The molecule has 0 saturated carbocycles. The summed E-state index contributed by atoms with van der Waals surface area (Å²) in [4.78, 5) is 8.52. The Hall–Kier alpha value is -0.0157. The Kier molecular flexibility index (Phi) is 10.4. The molecular formula is C5H11O3Ti+4. The summed E-state index contributed by atoms with van der Waals surface area (Å²) in [7, 11) is 0. The fourth-order valence-electron chi connectivity index (χ4n) is 0.289. The van der Waals surface area contributed by atoms with Gasteiger partial charge in [-0.05, 0) is 13.8 Å². The molecule has 0 aliphatic rings. The summed E-state index contributed by atoms with van der Waals surface area (Å²) in [5.74, 6) is 0. The molecule has 0 spiro atoms. The number of rotatable bonds is 2. The van der Waals surface area contributed by atoms with Crippen LogP contribution in [0.4, 0.5) is 0 Å². The Morgan fingerprint density at radius 2 is 1.56 bits per heavy atom. The van der Waals surface area contributed by atoms with Gasteiger partial charge in [0.05, 0.1) is 0 Å². The molecule has 0 fully saturated rings. The molecule has 4 heteroatoms. The third kappa shape index (κ3) is 7.98. The minimum atomic E-state index is -0.338. The minimum Gasteiger partial charge on any atom is -0.336 e. The van der Waals surface area contributed by atoms with Crippen LogP contribution in [0.5, 0.6) is 0 Å². The van der Waals surface area contributed by atoms with Crippen LogP contribution >= 0.6 is 0 Å². The molecule has 1 N–H and O–H groups in total. The summed E-state index contributed by atoms with van der Waals surface area (Å²) in [5.41, 5.74) is 0. The third-order valence-corrected chi connectivity index (χ3v) is 0.536. The van der Waals surface area contributed by atoms with Gasteiger partial charge in [-0.3, -0.25) is 0 Å². The summed E-state index contributed by atoms with van der Waals surface area (Å²) in [6.45, 7) is 4.42. The summed E-state index contributed by atoms with van der Waals surface area (Å²) < 4.78 is 9.06. The van der Waals surface area contributed by atoms with Gasteiger partial charge in [-0.1, -0.05) is 0 Å². The quantitative estimate of drug-likeness (QED) is 0.341. The molecule has 1 radical (unpaired) electrons. The summed E-state index contributed by atoms with van der Waals surface area (Å²) in [6, 6.07) is 0. The number of ether oxygens (including phenoxy) is 2. The second-order valence-electron chi connectivity index (χ2n) is 1.13. The zero-order chi connectivity index (χ0) is 6.41. The van der Waals surface area contributed by atoms with Gasteiger partial charge in [0.1, 0.15) is 0 Å².